The van der Waals surface area contributed by atoms with Gasteiger partial charge in [0.15, 0.2) is 0 Å². The van der Waals surface area contributed by atoms with Gasteiger partial charge >= 0.3 is 0 Å². The molecule has 0 spiro atoms. The number of hydrogen-bond donors (Lipinski definition) is 2. The number of halogens is 2. The molecule has 0 radical (unpaired) electrons. The van der Waals surface area contributed by atoms with Crippen molar-refractivity contribution in [1.82, 2.24) is 4.90 Å². The molecule has 0 bridgehead atoms. The van der Waals surface area contributed by atoms with Crippen LogP contribution in [-0.4, -0.2) is 37.5 Å². The van der Waals surface area contributed by atoms with Crippen molar-refractivity contribution in [2.24, 2.45) is 11.1 Å². The van der Waals surface area contributed by atoms with E-state index in [1.54, 1.807) is 0 Å². The van der Waals surface area contributed by atoms with Gasteiger partial charge in [-0.15, -0.1) is 12.4 Å². The highest BCUT2D eigenvalue weighted by atomic mass is 79.9. The first-order chi connectivity index (χ1) is 8.82. The van der Waals surface area contributed by atoms with E-state index >= 15 is 0 Å². The van der Waals surface area contributed by atoms with E-state index in [1.807, 2.05) is 36.2 Å². The lowest BCUT2D eigenvalue weighted by molar-refractivity contribution is -0.117. The lowest BCUT2D eigenvalue weighted by atomic mass is 9.93. The Labute approximate surface area is 135 Å². The summed E-state index contributed by atoms with van der Waals surface area (Å²) < 4.78 is 0.993. The number of amides is 1. The lowest BCUT2D eigenvalue weighted by Crippen LogP contribution is -2.40. The van der Waals surface area contributed by atoms with E-state index < -0.39 is 0 Å². The van der Waals surface area contributed by atoms with E-state index in [1.165, 1.54) is 0 Å². The molecule has 0 aliphatic rings. The van der Waals surface area contributed by atoms with Gasteiger partial charge in [-0.3, -0.25) is 9.69 Å². The Balaban J connectivity index is 0.00000361. The maximum atomic E-state index is 11.9. The van der Waals surface area contributed by atoms with Crippen LogP contribution in [0.15, 0.2) is 28.7 Å². The number of likely N-dealkylation sites (N-methyl/N-ethyl adjacent to an activating group) is 1. The fraction of sp³-hybridized carbons (Fsp3) is 0.500. The molecule has 0 aromatic heterocycles. The number of anilines is 1. The molecule has 0 saturated carbocycles. The zero-order valence-electron chi connectivity index (χ0n) is 12.1. The summed E-state index contributed by atoms with van der Waals surface area (Å²) in [4.78, 5) is 13.9. The summed E-state index contributed by atoms with van der Waals surface area (Å²) in [6.45, 7) is 5.94. The van der Waals surface area contributed by atoms with E-state index in [0.717, 1.165) is 16.7 Å². The number of nitrogens with two attached hydrogens (primary N) is 1. The SMILES string of the molecule is CN(CC(=O)Nc1ccc(Br)cc1)CC(C)(C)CN.Cl. The third-order valence-corrected chi connectivity index (χ3v) is 3.32. The molecule has 0 atom stereocenters. The molecule has 0 fully saturated rings. The van der Waals surface area contributed by atoms with Crippen molar-refractivity contribution in [3.63, 3.8) is 0 Å². The molecule has 20 heavy (non-hydrogen) atoms. The molecule has 0 aliphatic carbocycles. The second-order valence-corrected chi connectivity index (χ2v) is 6.51. The third-order valence-electron chi connectivity index (χ3n) is 2.79. The van der Waals surface area contributed by atoms with Gasteiger partial charge in [-0.25, -0.2) is 0 Å². The quantitative estimate of drug-likeness (QED) is 0.816. The first-order valence-electron chi connectivity index (χ1n) is 6.26. The van der Waals surface area contributed by atoms with Crippen molar-refractivity contribution in [3.8, 4) is 0 Å². The van der Waals surface area contributed by atoms with Crippen LogP contribution in [0.1, 0.15) is 13.8 Å². The molecule has 0 heterocycles. The van der Waals surface area contributed by atoms with Crippen LogP contribution in [0.4, 0.5) is 5.69 Å². The Hall–Kier alpha value is -0.620. The van der Waals surface area contributed by atoms with Crippen LogP contribution in [0, 0.1) is 5.41 Å². The van der Waals surface area contributed by atoms with E-state index in [-0.39, 0.29) is 23.7 Å². The molecule has 0 unspecified atom stereocenters. The maximum Gasteiger partial charge on any atom is 0.238 e. The minimum atomic E-state index is -0.0161. The second-order valence-electron chi connectivity index (χ2n) is 5.60. The summed E-state index contributed by atoms with van der Waals surface area (Å²) in [5, 5.41) is 2.87. The summed E-state index contributed by atoms with van der Waals surface area (Å²) >= 11 is 3.36. The molecule has 1 amide bonds. The molecular weight excluding hydrogens is 342 g/mol. The molecule has 1 rings (SSSR count). The predicted molar refractivity (Wildman–Crippen MR) is 90.4 cm³/mol. The van der Waals surface area contributed by atoms with Gasteiger partial charge < -0.3 is 11.1 Å². The minimum Gasteiger partial charge on any atom is -0.330 e. The van der Waals surface area contributed by atoms with Crippen molar-refractivity contribution in [1.29, 1.82) is 0 Å². The van der Waals surface area contributed by atoms with Crippen molar-refractivity contribution in [3.05, 3.63) is 28.7 Å². The summed E-state index contributed by atoms with van der Waals surface area (Å²) in [6, 6.07) is 7.53. The Kier molecular flexibility index (Phi) is 8.35. The van der Waals surface area contributed by atoms with Gasteiger partial charge in [-0.05, 0) is 43.3 Å². The second kappa shape index (κ2) is 8.62. The largest absolute Gasteiger partial charge is 0.330 e. The van der Waals surface area contributed by atoms with Crippen LogP contribution in [0.3, 0.4) is 0 Å². The van der Waals surface area contributed by atoms with Gasteiger partial charge in [0, 0.05) is 16.7 Å². The molecule has 1 aromatic rings. The molecule has 0 saturated heterocycles. The average molecular weight is 365 g/mol. The first-order valence-corrected chi connectivity index (χ1v) is 7.06. The molecule has 4 nitrogen and oxygen atoms in total. The lowest BCUT2D eigenvalue weighted by Gasteiger charge is -2.28. The summed E-state index contributed by atoms with van der Waals surface area (Å²) in [5.41, 5.74) is 6.52. The van der Waals surface area contributed by atoms with Gasteiger partial charge in [0.05, 0.1) is 6.54 Å². The number of nitrogens with one attached hydrogen (secondary N) is 1. The number of rotatable bonds is 6. The monoisotopic (exact) mass is 363 g/mol. The minimum absolute atomic E-state index is 0. The van der Waals surface area contributed by atoms with Gasteiger partial charge in [-0.2, -0.15) is 0 Å². The van der Waals surface area contributed by atoms with Gasteiger partial charge in [0.2, 0.25) is 5.91 Å². The zero-order chi connectivity index (χ0) is 14.5. The Morgan fingerprint density at radius 2 is 1.90 bits per heavy atom. The normalized spacial score (nSPS) is 11.1. The highest BCUT2D eigenvalue weighted by Crippen LogP contribution is 2.15. The molecule has 1 aromatic carbocycles. The Morgan fingerprint density at radius 3 is 2.40 bits per heavy atom. The van der Waals surface area contributed by atoms with E-state index in [4.69, 9.17) is 5.73 Å². The van der Waals surface area contributed by atoms with Crippen LogP contribution in [0.5, 0.6) is 0 Å². The topological polar surface area (TPSA) is 58.4 Å². The zero-order valence-corrected chi connectivity index (χ0v) is 14.6. The Bertz CT molecular complexity index is 423. The number of benzene rings is 1. The highest BCUT2D eigenvalue weighted by Gasteiger charge is 2.19. The van der Waals surface area contributed by atoms with E-state index in [2.05, 4.69) is 35.1 Å². The van der Waals surface area contributed by atoms with Crippen LogP contribution < -0.4 is 11.1 Å². The highest BCUT2D eigenvalue weighted by molar-refractivity contribution is 9.10. The van der Waals surface area contributed by atoms with Crippen molar-refractivity contribution < 1.29 is 4.79 Å². The van der Waals surface area contributed by atoms with Crippen LogP contribution in [0.25, 0.3) is 0 Å². The number of hydrogen-bond acceptors (Lipinski definition) is 3. The van der Waals surface area contributed by atoms with Crippen LogP contribution in [-0.2, 0) is 4.79 Å². The number of carbonyl (C=O) groups is 1. The van der Waals surface area contributed by atoms with Gasteiger partial charge in [0.1, 0.15) is 0 Å². The first kappa shape index (κ1) is 19.4. The van der Waals surface area contributed by atoms with Gasteiger partial charge in [0.25, 0.3) is 0 Å². The molecule has 0 aliphatic heterocycles. The van der Waals surface area contributed by atoms with Crippen LogP contribution >= 0.6 is 28.3 Å². The molecule has 6 heteroatoms. The standard InChI is InChI=1S/C14H22BrN3O.ClH/c1-14(2,9-16)10-18(3)8-13(19)17-12-6-4-11(15)5-7-12;/h4-7H,8-10,16H2,1-3H3,(H,17,19);1H. The Morgan fingerprint density at radius 1 is 1.35 bits per heavy atom. The van der Waals surface area contributed by atoms with Crippen molar-refractivity contribution in [2.75, 3.05) is 32.0 Å². The third kappa shape index (κ3) is 7.24. The number of carbonyl (C=O) groups excluding carboxylic acids is 1. The predicted octanol–water partition coefficient (Wildman–Crippen LogP) is 2.73. The fourth-order valence-electron chi connectivity index (χ4n) is 1.83. The molecule has 114 valence electrons. The summed E-state index contributed by atoms with van der Waals surface area (Å²) in [7, 11) is 1.93. The van der Waals surface area contributed by atoms with Gasteiger partial charge in [-0.1, -0.05) is 29.8 Å². The number of nitrogens with zero attached hydrogens (tertiary/aromatic N) is 1. The summed E-state index contributed by atoms with van der Waals surface area (Å²) in [6.07, 6.45) is 0. The van der Waals surface area contributed by atoms with E-state index in [9.17, 15) is 4.79 Å². The molecular formula is C14H23BrClN3O. The van der Waals surface area contributed by atoms with Crippen molar-refractivity contribution >= 4 is 39.9 Å². The summed E-state index contributed by atoms with van der Waals surface area (Å²) in [5.74, 6) is -0.0161. The van der Waals surface area contributed by atoms with E-state index in [0.29, 0.717) is 13.1 Å². The smallest absolute Gasteiger partial charge is 0.238 e. The van der Waals surface area contributed by atoms with Crippen molar-refractivity contribution in [2.45, 2.75) is 13.8 Å². The average Bonchev–Trinajstić information content (AvgIpc) is 2.31. The maximum absolute atomic E-state index is 11.9. The van der Waals surface area contributed by atoms with Crippen LogP contribution in [0.2, 0.25) is 0 Å². The molecule has 3 N–H and O–H groups in total. The fourth-order valence-corrected chi connectivity index (χ4v) is 2.09.